The molecular weight excluding hydrogens is 382 g/mol. The minimum Gasteiger partial charge on any atom is -0.492 e. The Morgan fingerprint density at radius 2 is 1.93 bits per heavy atom. The Morgan fingerprint density at radius 1 is 1.14 bits per heavy atom. The average molecular weight is 406 g/mol. The highest BCUT2D eigenvalue weighted by molar-refractivity contribution is 7.12. The van der Waals surface area contributed by atoms with Crippen LogP contribution >= 0.6 is 11.3 Å². The van der Waals surface area contributed by atoms with E-state index >= 15 is 0 Å². The number of benzene rings is 2. The van der Waals surface area contributed by atoms with Crippen molar-refractivity contribution in [1.29, 1.82) is 0 Å². The first-order chi connectivity index (χ1) is 14.1. The molecule has 1 atom stereocenters. The van der Waals surface area contributed by atoms with Crippen LogP contribution in [0.25, 0.3) is 11.0 Å². The van der Waals surface area contributed by atoms with Crippen LogP contribution in [0.1, 0.15) is 34.0 Å². The van der Waals surface area contributed by atoms with E-state index in [0.29, 0.717) is 18.0 Å². The van der Waals surface area contributed by atoms with Crippen molar-refractivity contribution >= 4 is 28.3 Å². The molecular formula is C23H23N3O2S. The average Bonchev–Trinajstić information content (AvgIpc) is 3.38. The first kappa shape index (κ1) is 19.2. The molecule has 0 saturated heterocycles. The molecule has 1 unspecified atom stereocenters. The van der Waals surface area contributed by atoms with Crippen LogP contribution in [-0.2, 0) is 6.54 Å². The Balaban J connectivity index is 1.53. The van der Waals surface area contributed by atoms with Gasteiger partial charge in [0.2, 0.25) is 0 Å². The standard InChI is InChI=1S/C23H23N3O2S/c1-16-9-11-18(12-10-16)28-14-13-26-20-7-4-3-6-19(20)25-22(26)17(2)24-23(27)21-8-5-15-29-21/h3-12,15,17H,13-14H2,1-2H3,(H,24,27). The van der Waals surface area contributed by atoms with Gasteiger partial charge in [-0.25, -0.2) is 4.98 Å². The molecule has 148 valence electrons. The number of rotatable bonds is 7. The first-order valence-corrected chi connectivity index (χ1v) is 10.5. The molecule has 0 saturated carbocycles. The minimum atomic E-state index is -0.226. The largest absolute Gasteiger partial charge is 0.492 e. The van der Waals surface area contributed by atoms with Crippen molar-refractivity contribution in [3.63, 3.8) is 0 Å². The molecule has 5 nitrogen and oxygen atoms in total. The van der Waals surface area contributed by atoms with Crippen LogP contribution in [0.3, 0.4) is 0 Å². The van der Waals surface area contributed by atoms with Crippen LogP contribution in [0.2, 0.25) is 0 Å². The van der Waals surface area contributed by atoms with E-state index < -0.39 is 0 Å². The predicted octanol–water partition coefficient (Wildman–Crippen LogP) is 4.98. The lowest BCUT2D eigenvalue weighted by molar-refractivity contribution is 0.0941. The Bertz CT molecular complexity index is 1100. The number of hydrogen-bond acceptors (Lipinski definition) is 4. The molecule has 4 aromatic rings. The van der Waals surface area contributed by atoms with Crippen molar-refractivity contribution in [3.05, 3.63) is 82.3 Å². The predicted molar refractivity (Wildman–Crippen MR) is 117 cm³/mol. The number of carbonyl (C=O) groups is 1. The maximum atomic E-state index is 12.5. The van der Waals surface area contributed by atoms with Gasteiger partial charge in [-0.15, -0.1) is 11.3 Å². The maximum absolute atomic E-state index is 12.5. The third-order valence-electron chi connectivity index (χ3n) is 4.77. The van der Waals surface area contributed by atoms with E-state index in [9.17, 15) is 4.79 Å². The second-order valence-electron chi connectivity index (χ2n) is 6.94. The fourth-order valence-electron chi connectivity index (χ4n) is 3.29. The number of hydrogen-bond donors (Lipinski definition) is 1. The molecule has 2 heterocycles. The summed E-state index contributed by atoms with van der Waals surface area (Å²) in [6, 6.07) is 19.5. The Hall–Kier alpha value is -3.12. The van der Waals surface area contributed by atoms with Gasteiger partial charge in [-0.3, -0.25) is 4.79 Å². The lowest BCUT2D eigenvalue weighted by Crippen LogP contribution is -2.28. The summed E-state index contributed by atoms with van der Waals surface area (Å²) in [5.74, 6) is 1.59. The molecule has 0 fully saturated rings. The van der Waals surface area contributed by atoms with Crippen LogP contribution in [0.15, 0.2) is 66.0 Å². The lowest BCUT2D eigenvalue weighted by atomic mass is 10.2. The fourth-order valence-corrected chi connectivity index (χ4v) is 3.92. The number of fused-ring (bicyclic) bond motifs is 1. The summed E-state index contributed by atoms with van der Waals surface area (Å²) in [6.45, 7) is 5.18. The number of amides is 1. The summed E-state index contributed by atoms with van der Waals surface area (Å²) in [5.41, 5.74) is 3.15. The second kappa shape index (κ2) is 8.49. The smallest absolute Gasteiger partial charge is 0.261 e. The summed E-state index contributed by atoms with van der Waals surface area (Å²) in [5, 5.41) is 4.96. The fraction of sp³-hybridized carbons (Fsp3) is 0.217. The van der Waals surface area contributed by atoms with Gasteiger partial charge in [-0.05, 0) is 49.6 Å². The molecule has 2 aromatic heterocycles. The summed E-state index contributed by atoms with van der Waals surface area (Å²) in [4.78, 5) is 18.0. The highest BCUT2D eigenvalue weighted by atomic mass is 32.1. The van der Waals surface area contributed by atoms with Crippen molar-refractivity contribution < 1.29 is 9.53 Å². The minimum absolute atomic E-state index is 0.0815. The molecule has 0 spiro atoms. The SMILES string of the molecule is Cc1ccc(OCCn2c(C(C)NC(=O)c3cccs3)nc3ccccc32)cc1. The monoisotopic (exact) mass is 405 g/mol. The van der Waals surface area contributed by atoms with Crippen molar-refractivity contribution in [2.75, 3.05) is 6.61 Å². The van der Waals surface area contributed by atoms with Crippen molar-refractivity contribution in [2.45, 2.75) is 26.4 Å². The van der Waals surface area contributed by atoms with Gasteiger partial charge in [-0.1, -0.05) is 35.9 Å². The molecule has 0 aliphatic heterocycles. The molecule has 0 aliphatic carbocycles. The van der Waals surface area contributed by atoms with Crippen LogP contribution in [-0.4, -0.2) is 22.1 Å². The summed E-state index contributed by atoms with van der Waals surface area (Å²) >= 11 is 1.43. The lowest BCUT2D eigenvalue weighted by Gasteiger charge is -2.16. The molecule has 1 amide bonds. The Labute approximate surface area is 174 Å². The zero-order valence-corrected chi connectivity index (χ0v) is 17.3. The van der Waals surface area contributed by atoms with E-state index in [-0.39, 0.29) is 11.9 Å². The van der Waals surface area contributed by atoms with Gasteiger partial charge in [0, 0.05) is 0 Å². The molecule has 1 N–H and O–H groups in total. The molecule has 0 radical (unpaired) electrons. The molecule has 2 aromatic carbocycles. The number of para-hydroxylation sites is 2. The highest BCUT2D eigenvalue weighted by Gasteiger charge is 2.19. The van der Waals surface area contributed by atoms with E-state index in [1.807, 2.05) is 73.0 Å². The zero-order chi connectivity index (χ0) is 20.2. The van der Waals surface area contributed by atoms with E-state index in [2.05, 4.69) is 16.8 Å². The quantitative estimate of drug-likeness (QED) is 0.472. The third kappa shape index (κ3) is 4.32. The van der Waals surface area contributed by atoms with Crippen molar-refractivity contribution in [2.24, 2.45) is 0 Å². The molecule has 0 aliphatic rings. The van der Waals surface area contributed by atoms with E-state index in [4.69, 9.17) is 9.72 Å². The number of thiophene rings is 1. The summed E-state index contributed by atoms with van der Waals surface area (Å²) in [6.07, 6.45) is 0. The number of nitrogens with one attached hydrogen (secondary N) is 1. The molecule has 6 heteroatoms. The second-order valence-corrected chi connectivity index (χ2v) is 7.89. The molecule has 29 heavy (non-hydrogen) atoms. The summed E-state index contributed by atoms with van der Waals surface area (Å²) < 4.78 is 8.05. The summed E-state index contributed by atoms with van der Waals surface area (Å²) in [7, 11) is 0. The van der Waals surface area contributed by atoms with Crippen LogP contribution < -0.4 is 10.1 Å². The van der Waals surface area contributed by atoms with Crippen LogP contribution in [0.4, 0.5) is 0 Å². The number of ether oxygens (including phenoxy) is 1. The van der Waals surface area contributed by atoms with Gasteiger partial charge in [0.15, 0.2) is 0 Å². The number of imidazole rings is 1. The van der Waals surface area contributed by atoms with Crippen LogP contribution in [0.5, 0.6) is 5.75 Å². The van der Waals surface area contributed by atoms with Gasteiger partial charge >= 0.3 is 0 Å². The van der Waals surface area contributed by atoms with Crippen molar-refractivity contribution in [1.82, 2.24) is 14.9 Å². The molecule has 4 rings (SSSR count). The maximum Gasteiger partial charge on any atom is 0.261 e. The number of nitrogens with zero attached hydrogens (tertiary/aromatic N) is 2. The van der Waals surface area contributed by atoms with Gasteiger partial charge in [0.1, 0.15) is 18.2 Å². The van der Waals surface area contributed by atoms with Gasteiger partial charge in [0.05, 0.1) is 28.5 Å². The van der Waals surface area contributed by atoms with Gasteiger partial charge < -0.3 is 14.6 Å². The third-order valence-corrected chi connectivity index (χ3v) is 5.64. The number of carbonyl (C=O) groups excluding carboxylic acids is 1. The van der Waals surface area contributed by atoms with E-state index in [1.165, 1.54) is 16.9 Å². The van der Waals surface area contributed by atoms with Gasteiger partial charge in [0.25, 0.3) is 5.91 Å². The topological polar surface area (TPSA) is 56.1 Å². The van der Waals surface area contributed by atoms with E-state index in [1.54, 1.807) is 0 Å². The van der Waals surface area contributed by atoms with Crippen molar-refractivity contribution in [3.8, 4) is 5.75 Å². The van der Waals surface area contributed by atoms with Gasteiger partial charge in [-0.2, -0.15) is 0 Å². The zero-order valence-electron chi connectivity index (χ0n) is 16.5. The molecule has 0 bridgehead atoms. The highest BCUT2D eigenvalue weighted by Crippen LogP contribution is 2.22. The van der Waals surface area contributed by atoms with Crippen LogP contribution in [0, 0.1) is 6.92 Å². The Morgan fingerprint density at radius 3 is 2.69 bits per heavy atom. The normalized spacial score (nSPS) is 12.1. The number of aryl methyl sites for hydroxylation is 1. The Kier molecular flexibility index (Phi) is 5.62. The first-order valence-electron chi connectivity index (χ1n) is 9.61. The number of aromatic nitrogens is 2. The van der Waals surface area contributed by atoms with E-state index in [0.717, 1.165) is 22.6 Å².